The first-order valence-corrected chi connectivity index (χ1v) is 7.89. The number of nitrogens with zero attached hydrogens (tertiary/aromatic N) is 1. The monoisotopic (exact) mass is 289 g/mol. The summed E-state index contributed by atoms with van der Waals surface area (Å²) in [4.78, 5) is 0.354. The smallest absolute Gasteiger partial charge is 0.177 e. The van der Waals surface area contributed by atoms with Gasteiger partial charge in [-0.15, -0.1) is 11.3 Å². The van der Waals surface area contributed by atoms with Gasteiger partial charge in [0.15, 0.2) is 15.6 Å². The predicted octanol–water partition coefficient (Wildman–Crippen LogP) is 1.06. The van der Waals surface area contributed by atoms with Crippen molar-refractivity contribution in [2.45, 2.75) is 6.92 Å². The normalized spacial score (nSPS) is 10.9. The lowest BCUT2D eigenvalue weighted by atomic mass is 10.4. The number of rotatable bonds is 6. The molecule has 0 saturated heterocycles. The summed E-state index contributed by atoms with van der Waals surface area (Å²) in [7, 11) is -1.56. The summed E-state index contributed by atoms with van der Waals surface area (Å²) in [6.45, 7) is 1.87. The second-order valence-electron chi connectivity index (χ2n) is 3.48. The lowest BCUT2D eigenvalue weighted by molar-refractivity contribution is 0.420. The molecule has 0 bridgehead atoms. The third-order valence-corrected chi connectivity index (χ3v) is 5.10. The van der Waals surface area contributed by atoms with Crippen LogP contribution in [0.5, 0.6) is 5.75 Å². The Kier molecular flexibility index (Phi) is 4.81. The van der Waals surface area contributed by atoms with Crippen LogP contribution in [0, 0.1) is 11.3 Å². The van der Waals surface area contributed by atoms with Gasteiger partial charge in [-0.05, 0) is 0 Å². The molecule has 0 aromatic carbocycles. The van der Waals surface area contributed by atoms with Crippen LogP contribution in [0.4, 0.5) is 10.7 Å². The highest BCUT2D eigenvalue weighted by molar-refractivity contribution is 7.91. The number of nitrogens with two attached hydrogens (primary N) is 1. The zero-order valence-corrected chi connectivity index (χ0v) is 11.8. The highest BCUT2D eigenvalue weighted by Crippen LogP contribution is 2.41. The first-order chi connectivity index (χ1) is 8.45. The third kappa shape index (κ3) is 3.27. The van der Waals surface area contributed by atoms with Crippen LogP contribution in [0.2, 0.25) is 0 Å². The molecule has 0 fully saturated rings. The zero-order valence-electron chi connectivity index (χ0n) is 10.2. The molecule has 0 amide bonds. The van der Waals surface area contributed by atoms with E-state index in [0.29, 0.717) is 15.6 Å². The Morgan fingerprint density at radius 3 is 2.72 bits per heavy atom. The van der Waals surface area contributed by atoms with E-state index in [4.69, 9.17) is 15.7 Å². The maximum Gasteiger partial charge on any atom is 0.177 e. The highest BCUT2D eigenvalue weighted by atomic mass is 32.2. The fourth-order valence-corrected chi connectivity index (χ4v) is 2.91. The van der Waals surface area contributed by atoms with Gasteiger partial charge in [0, 0.05) is 12.3 Å². The van der Waals surface area contributed by atoms with E-state index in [9.17, 15) is 8.42 Å². The molecule has 6 nitrogen and oxygen atoms in total. The van der Waals surface area contributed by atoms with Gasteiger partial charge < -0.3 is 15.8 Å². The van der Waals surface area contributed by atoms with Crippen LogP contribution in [0.3, 0.4) is 0 Å². The summed E-state index contributed by atoms with van der Waals surface area (Å²) >= 11 is 1.15. The Hall–Kier alpha value is -1.46. The standard InChI is InChI=1S/C10H15N3O3S2/c1-3-18(14,15)5-4-13-10-9(16-2)8(12)7(6-11)17-10/h13H,3-5,12H2,1-2H3. The molecule has 0 aliphatic rings. The van der Waals surface area contributed by atoms with Crippen LogP contribution in [0.25, 0.3) is 0 Å². The van der Waals surface area contributed by atoms with Gasteiger partial charge in [0.05, 0.1) is 12.9 Å². The van der Waals surface area contributed by atoms with Crippen molar-refractivity contribution in [1.82, 2.24) is 0 Å². The maximum absolute atomic E-state index is 11.3. The van der Waals surface area contributed by atoms with Crippen LogP contribution in [-0.4, -0.2) is 33.6 Å². The van der Waals surface area contributed by atoms with Gasteiger partial charge in [-0.25, -0.2) is 8.42 Å². The van der Waals surface area contributed by atoms with Crippen LogP contribution < -0.4 is 15.8 Å². The Labute approximate surface area is 110 Å². The number of ether oxygens (including phenoxy) is 1. The minimum absolute atomic E-state index is 0.0341. The molecule has 1 aromatic heterocycles. The molecule has 100 valence electrons. The van der Waals surface area contributed by atoms with Gasteiger partial charge in [0.25, 0.3) is 0 Å². The second-order valence-corrected chi connectivity index (χ2v) is 6.98. The van der Waals surface area contributed by atoms with Gasteiger partial charge in [0.2, 0.25) is 0 Å². The largest absolute Gasteiger partial charge is 0.492 e. The first-order valence-electron chi connectivity index (χ1n) is 5.25. The number of thiophene rings is 1. The molecule has 0 spiro atoms. The summed E-state index contributed by atoms with van der Waals surface area (Å²) in [6, 6.07) is 1.96. The number of hydrogen-bond donors (Lipinski definition) is 2. The van der Waals surface area contributed by atoms with Gasteiger partial charge in [0.1, 0.15) is 21.6 Å². The molecule has 0 aliphatic heterocycles. The van der Waals surface area contributed by atoms with Crippen molar-refractivity contribution in [3.63, 3.8) is 0 Å². The van der Waals surface area contributed by atoms with Gasteiger partial charge >= 0.3 is 0 Å². The third-order valence-electron chi connectivity index (χ3n) is 2.34. The van der Waals surface area contributed by atoms with E-state index in [-0.39, 0.29) is 23.7 Å². The SMILES string of the molecule is CCS(=O)(=O)CCNc1sc(C#N)c(N)c1OC. The van der Waals surface area contributed by atoms with Crippen LogP contribution in [0.1, 0.15) is 11.8 Å². The summed E-state index contributed by atoms with van der Waals surface area (Å²) in [5.41, 5.74) is 6.00. The Morgan fingerprint density at radius 2 is 2.22 bits per heavy atom. The van der Waals surface area contributed by atoms with E-state index < -0.39 is 9.84 Å². The fraction of sp³-hybridized carbons (Fsp3) is 0.500. The minimum Gasteiger partial charge on any atom is -0.492 e. The van der Waals surface area contributed by atoms with E-state index in [1.807, 2.05) is 6.07 Å². The molecule has 1 heterocycles. The summed E-state index contributed by atoms with van der Waals surface area (Å²) in [5.74, 6) is 0.541. The van der Waals surface area contributed by atoms with E-state index in [1.165, 1.54) is 7.11 Å². The number of nitrogens with one attached hydrogen (secondary N) is 1. The van der Waals surface area contributed by atoms with Crippen LogP contribution in [-0.2, 0) is 9.84 Å². The number of methoxy groups -OCH3 is 1. The Balaban J connectivity index is 2.77. The van der Waals surface area contributed by atoms with Crippen molar-refractivity contribution in [2.24, 2.45) is 0 Å². The van der Waals surface area contributed by atoms with Crippen LogP contribution in [0.15, 0.2) is 0 Å². The lowest BCUT2D eigenvalue weighted by Gasteiger charge is -2.06. The average molecular weight is 289 g/mol. The quantitative estimate of drug-likeness (QED) is 0.811. The molecule has 8 heteroatoms. The molecule has 1 aromatic rings. The number of anilines is 2. The first kappa shape index (κ1) is 14.6. The molecule has 18 heavy (non-hydrogen) atoms. The van der Waals surface area contributed by atoms with Gasteiger partial charge in [-0.3, -0.25) is 0 Å². The maximum atomic E-state index is 11.3. The zero-order chi connectivity index (χ0) is 13.8. The molecular weight excluding hydrogens is 274 g/mol. The number of nitriles is 1. The van der Waals surface area contributed by atoms with Crippen molar-refractivity contribution in [3.8, 4) is 11.8 Å². The van der Waals surface area contributed by atoms with Crippen LogP contribution >= 0.6 is 11.3 Å². The molecule has 0 atom stereocenters. The fourth-order valence-electron chi connectivity index (χ4n) is 1.30. The molecule has 0 saturated carbocycles. The number of sulfone groups is 1. The summed E-state index contributed by atoms with van der Waals surface area (Å²) in [5, 5.41) is 12.4. The van der Waals surface area contributed by atoms with Crippen molar-refractivity contribution in [1.29, 1.82) is 5.26 Å². The van der Waals surface area contributed by atoms with E-state index in [2.05, 4.69) is 5.32 Å². The minimum atomic E-state index is -3.01. The van der Waals surface area contributed by atoms with Gasteiger partial charge in [-0.1, -0.05) is 6.92 Å². The Bertz CT molecular complexity index is 558. The molecular formula is C10H15N3O3S2. The van der Waals surface area contributed by atoms with Gasteiger partial charge in [-0.2, -0.15) is 5.26 Å². The second kappa shape index (κ2) is 5.93. The Morgan fingerprint density at radius 1 is 1.56 bits per heavy atom. The average Bonchev–Trinajstić information content (AvgIpc) is 2.65. The molecule has 3 N–H and O–H groups in total. The summed E-state index contributed by atoms with van der Waals surface area (Å²) in [6.07, 6.45) is 0. The molecule has 0 unspecified atom stereocenters. The van der Waals surface area contributed by atoms with Crippen molar-refractivity contribution < 1.29 is 13.2 Å². The van der Waals surface area contributed by atoms with Crippen molar-refractivity contribution >= 4 is 31.9 Å². The topological polar surface area (TPSA) is 105 Å². The lowest BCUT2D eigenvalue weighted by Crippen LogP contribution is -2.16. The molecule has 1 rings (SSSR count). The van der Waals surface area contributed by atoms with Crippen molar-refractivity contribution in [2.75, 3.05) is 36.2 Å². The van der Waals surface area contributed by atoms with Crippen molar-refractivity contribution in [3.05, 3.63) is 4.88 Å². The van der Waals surface area contributed by atoms with E-state index >= 15 is 0 Å². The molecule has 0 aliphatic carbocycles. The number of nitrogen functional groups attached to an aromatic ring is 1. The predicted molar refractivity (Wildman–Crippen MR) is 72.8 cm³/mol. The number of hydrogen-bond acceptors (Lipinski definition) is 7. The molecule has 0 radical (unpaired) electrons. The van der Waals surface area contributed by atoms with E-state index in [0.717, 1.165) is 11.3 Å². The highest BCUT2D eigenvalue weighted by Gasteiger charge is 2.17. The van der Waals surface area contributed by atoms with E-state index in [1.54, 1.807) is 6.92 Å². The summed E-state index contributed by atoms with van der Waals surface area (Å²) < 4.78 is 27.7.